The van der Waals surface area contributed by atoms with E-state index in [0.29, 0.717) is 24.5 Å². The molecule has 1 saturated heterocycles. The van der Waals surface area contributed by atoms with E-state index >= 15 is 0 Å². The van der Waals surface area contributed by atoms with Crippen molar-refractivity contribution < 1.29 is 13.2 Å². The van der Waals surface area contributed by atoms with Gasteiger partial charge in [-0.15, -0.1) is 0 Å². The Balaban J connectivity index is 2.41. The van der Waals surface area contributed by atoms with E-state index < -0.39 is 16.1 Å². The lowest BCUT2D eigenvalue weighted by Gasteiger charge is -2.31. The largest absolute Gasteiger partial charge is 0.355 e. The average Bonchev–Trinajstić information content (AvgIpc) is 2.81. The third kappa shape index (κ3) is 4.96. The van der Waals surface area contributed by atoms with Gasteiger partial charge >= 0.3 is 0 Å². The standard InChI is InChI=1S/C18H27ClN2O3S/c1-3-14(4-2)13-21(17-7-5-6-12-20-18(17)22)25(23,24)16-10-8-15(19)9-11-16/h8-11,14,17H,3-7,12-13H2,1-2H3,(H,20,22). The summed E-state index contributed by atoms with van der Waals surface area (Å²) in [4.78, 5) is 12.7. The van der Waals surface area contributed by atoms with Crippen LogP contribution in [0.3, 0.4) is 0 Å². The van der Waals surface area contributed by atoms with Crippen LogP contribution in [0.5, 0.6) is 0 Å². The first kappa shape index (κ1) is 20.2. The number of hydrogen-bond acceptors (Lipinski definition) is 3. The minimum atomic E-state index is -3.77. The zero-order valence-electron chi connectivity index (χ0n) is 14.9. The van der Waals surface area contributed by atoms with Crippen LogP contribution in [0.25, 0.3) is 0 Å². The molecule has 0 aliphatic carbocycles. The third-order valence-electron chi connectivity index (χ3n) is 4.87. The molecule has 0 bridgehead atoms. The highest BCUT2D eigenvalue weighted by Crippen LogP contribution is 2.26. The normalized spacial score (nSPS) is 19.1. The first-order valence-corrected chi connectivity index (χ1v) is 10.8. The zero-order valence-corrected chi connectivity index (χ0v) is 16.4. The van der Waals surface area contributed by atoms with E-state index in [1.165, 1.54) is 16.4 Å². The van der Waals surface area contributed by atoms with E-state index in [2.05, 4.69) is 19.2 Å². The minimum absolute atomic E-state index is 0.180. The monoisotopic (exact) mass is 386 g/mol. The van der Waals surface area contributed by atoms with Crippen LogP contribution in [0, 0.1) is 5.92 Å². The number of amides is 1. The van der Waals surface area contributed by atoms with Gasteiger partial charge in [0.1, 0.15) is 6.04 Å². The fraction of sp³-hybridized carbons (Fsp3) is 0.611. The molecule has 0 aromatic heterocycles. The molecule has 0 radical (unpaired) electrons. The van der Waals surface area contributed by atoms with Crippen molar-refractivity contribution in [2.75, 3.05) is 13.1 Å². The van der Waals surface area contributed by atoms with E-state index in [9.17, 15) is 13.2 Å². The Hall–Kier alpha value is -1.11. The Morgan fingerprint density at radius 2 is 1.84 bits per heavy atom. The minimum Gasteiger partial charge on any atom is -0.355 e. The molecular formula is C18H27ClN2O3S. The van der Waals surface area contributed by atoms with E-state index in [0.717, 1.165) is 25.7 Å². The predicted molar refractivity (Wildman–Crippen MR) is 100 cm³/mol. The Kier molecular flexibility index (Phi) is 7.28. The van der Waals surface area contributed by atoms with Crippen molar-refractivity contribution in [2.45, 2.75) is 56.9 Å². The summed E-state index contributed by atoms with van der Waals surface area (Å²) in [6.07, 6.45) is 4.01. The van der Waals surface area contributed by atoms with Crippen molar-refractivity contribution in [1.82, 2.24) is 9.62 Å². The van der Waals surface area contributed by atoms with Gasteiger partial charge in [0.05, 0.1) is 4.90 Å². The summed E-state index contributed by atoms with van der Waals surface area (Å²) < 4.78 is 28.0. The highest BCUT2D eigenvalue weighted by Gasteiger charge is 2.37. The van der Waals surface area contributed by atoms with Crippen molar-refractivity contribution in [3.63, 3.8) is 0 Å². The van der Waals surface area contributed by atoms with Crippen molar-refractivity contribution in [3.8, 4) is 0 Å². The van der Waals surface area contributed by atoms with Crippen LogP contribution in [0.15, 0.2) is 29.2 Å². The number of carbonyl (C=O) groups is 1. The number of carbonyl (C=O) groups excluding carboxylic acids is 1. The molecule has 2 rings (SSSR count). The van der Waals surface area contributed by atoms with Crippen molar-refractivity contribution in [2.24, 2.45) is 5.92 Å². The molecule has 1 aliphatic heterocycles. The number of halogens is 1. The van der Waals surface area contributed by atoms with Gasteiger partial charge in [-0.3, -0.25) is 4.79 Å². The molecule has 1 N–H and O–H groups in total. The van der Waals surface area contributed by atoms with Crippen molar-refractivity contribution >= 4 is 27.5 Å². The smallest absolute Gasteiger partial charge is 0.243 e. The Labute approximate surface area is 155 Å². The summed E-state index contributed by atoms with van der Waals surface area (Å²) in [6.45, 7) is 5.06. The molecule has 25 heavy (non-hydrogen) atoms. The second-order valence-corrected chi connectivity index (χ2v) is 8.84. The highest BCUT2D eigenvalue weighted by atomic mass is 35.5. The van der Waals surface area contributed by atoms with E-state index in [-0.39, 0.29) is 16.7 Å². The molecule has 1 aliphatic rings. The molecule has 1 fully saturated rings. The molecule has 1 amide bonds. The maximum Gasteiger partial charge on any atom is 0.243 e. The first-order valence-electron chi connectivity index (χ1n) is 8.95. The van der Waals surface area contributed by atoms with E-state index in [1.54, 1.807) is 12.1 Å². The van der Waals surface area contributed by atoms with Crippen molar-refractivity contribution in [3.05, 3.63) is 29.3 Å². The maximum atomic E-state index is 13.3. The molecule has 1 aromatic carbocycles. The summed E-state index contributed by atoms with van der Waals surface area (Å²) in [5, 5.41) is 3.33. The predicted octanol–water partition coefficient (Wildman–Crippen LogP) is 3.44. The fourth-order valence-electron chi connectivity index (χ4n) is 3.13. The number of nitrogens with zero attached hydrogens (tertiary/aromatic N) is 1. The third-order valence-corrected chi connectivity index (χ3v) is 7.01. The summed E-state index contributed by atoms with van der Waals surface area (Å²) in [5.41, 5.74) is 0. The molecule has 7 heteroatoms. The van der Waals surface area contributed by atoms with Gasteiger partial charge in [0, 0.05) is 18.1 Å². The first-order chi connectivity index (χ1) is 11.9. The van der Waals surface area contributed by atoms with Crippen LogP contribution in [0.1, 0.15) is 46.0 Å². The molecule has 1 atom stereocenters. The van der Waals surface area contributed by atoms with Gasteiger partial charge in [-0.2, -0.15) is 4.31 Å². The maximum absolute atomic E-state index is 13.3. The lowest BCUT2D eigenvalue weighted by atomic mass is 10.0. The number of hydrogen-bond donors (Lipinski definition) is 1. The number of rotatable bonds is 7. The number of benzene rings is 1. The summed E-state index contributed by atoms with van der Waals surface area (Å²) in [6, 6.07) is 5.50. The van der Waals surface area contributed by atoms with Crippen LogP contribution in [-0.4, -0.2) is 37.8 Å². The van der Waals surface area contributed by atoms with Crippen LogP contribution in [0.2, 0.25) is 5.02 Å². The molecule has 1 unspecified atom stereocenters. The van der Waals surface area contributed by atoms with Crippen LogP contribution >= 0.6 is 11.6 Å². The topological polar surface area (TPSA) is 66.5 Å². The summed E-state index contributed by atoms with van der Waals surface area (Å²) in [7, 11) is -3.77. The molecule has 140 valence electrons. The molecule has 1 aromatic rings. The van der Waals surface area contributed by atoms with Crippen LogP contribution in [0.4, 0.5) is 0 Å². The Morgan fingerprint density at radius 1 is 1.20 bits per heavy atom. The Morgan fingerprint density at radius 3 is 2.44 bits per heavy atom. The SMILES string of the molecule is CCC(CC)CN(C1CCCCNC1=O)S(=O)(=O)c1ccc(Cl)cc1. The van der Waals surface area contributed by atoms with Gasteiger partial charge < -0.3 is 5.32 Å². The Bertz CT molecular complexity index is 672. The molecule has 0 saturated carbocycles. The second-order valence-electron chi connectivity index (χ2n) is 6.51. The second kappa shape index (κ2) is 9.01. The average molecular weight is 387 g/mol. The lowest BCUT2D eigenvalue weighted by Crippen LogP contribution is -2.50. The van der Waals surface area contributed by atoms with Gasteiger partial charge in [0.25, 0.3) is 0 Å². The molecule has 1 heterocycles. The van der Waals surface area contributed by atoms with Gasteiger partial charge in [-0.1, -0.05) is 38.3 Å². The summed E-state index contributed by atoms with van der Waals surface area (Å²) in [5.74, 6) is 0.0270. The van der Waals surface area contributed by atoms with Gasteiger partial charge in [-0.05, 0) is 49.4 Å². The van der Waals surface area contributed by atoms with Gasteiger partial charge in [0.2, 0.25) is 15.9 Å². The van der Waals surface area contributed by atoms with Crippen LogP contribution < -0.4 is 5.32 Å². The molecule has 5 nitrogen and oxygen atoms in total. The van der Waals surface area contributed by atoms with E-state index in [4.69, 9.17) is 11.6 Å². The number of sulfonamides is 1. The van der Waals surface area contributed by atoms with Gasteiger partial charge in [0.15, 0.2) is 0 Å². The zero-order chi connectivity index (χ0) is 18.4. The molecular weight excluding hydrogens is 360 g/mol. The lowest BCUT2D eigenvalue weighted by molar-refractivity contribution is -0.124. The highest BCUT2D eigenvalue weighted by molar-refractivity contribution is 7.89. The quantitative estimate of drug-likeness (QED) is 0.780. The van der Waals surface area contributed by atoms with E-state index in [1.807, 2.05) is 0 Å². The number of nitrogens with one attached hydrogen (secondary N) is 1. The van der Waals surface area contributed by atoms with Crippen LogP contribution in [-0.2, 0) is 14.8 Å². The fourth-order valence-corrected chi connectivity index (χ4v) is 4.95. The summed E-state index contributed by atoms with van der Waals surface area (Å²) >= 11 is 5.89. The molecule has 0 spiro atoms. The van der Waals surface area contributed by atoms with Crippen molar-refractivity contribution in [1.29, 1.82) is 0 Å². The van der Waals surface area contributed by atoms with Gasteiger partial charge in [-0.25, -0.2) is 8.42 Å².